The molecule has 0 bridgehead atoms. The number of hydrogen-bond acceptors (Lipinski definition) is 3. The number of hydrogen-bond donors (Lipinski definition) is 2. The van der Waals surface area contributed by atoms with Gasteiger partial charge in [0, 0.05) is 11.3 Å². The zero-order valence-electron chi connectivity index (χ0n) is 15.7. The van der Waals surface area contributed by atoms with Crippen LogP contribution in [-0.4, -0.2) is 14.3 Å². The van der Waals surface area contributed by atoms with Crippen LogP contribution in [0.4, 0.5) is 5.69 Å². The molecule has 0 saturated heterocycles. The van der Waals surface area contributed by atoms with Gasteiger partial charge in [0.05, 0.1) is 10.9 Å². The quantitative estimate of drug-likeness (QED) is 0.655. The first-order valence-electron chi connectivity index (χ1n) is 8.91. The van der Waals surface area contributed by atoms with Gasteiger partial charge >= 0.3 is 0 Å². The summed E-state index contributed by atoms with van der Waals surface area (Å²) in [6, 6.07) is 22.2. The van der Waals surface area contributed by atoms with E-state index in [1.54, 1.807) is 36.4 Å². The third-order valence-electron chi connectivity index (χ3n) is 4.43. The lowest BCUT2D eigenvalue weighted by Gasteiger charge is -2.17. The monoisotopic (exact) mass is 394 g/mol. The summed E-state index contributed by atoms with van der Waals surface area (Å²) in [5.41, 5.74) is 2.85. The summed E-state index contributed by atoms with van der Waals surface area (Å²) in [5.74, 6) is -0.267. The average Bonchev–Trinajstić information content (AvgIpc) is 2.69. The maximum absolute atomic E-state index is 12.6. The van der Waals surface area contributed by atoms with Crippen molar-refractivity contribution in [3.05, 3.63) is 95.6 Å². The molecule has 0 spiro atoms. The smallest absolute Gasteiger partial charge is 0.261 e. The van der Waals surface area contributed by atoms with E-state index in [0.29, 0.717) is 11.3 Å². The molecule has 0 aliphatic carbocycles. The standard InChI is InChI=1S/C22H22N2O3S/c1-16-9-6-7-14-21(16)17(2)23-22(25)18-10-8-11-19(15-18)24-28(26,27)20-12-4-3-5-13-20/h3-15,17,24H,1-2H3,(H,23,25)/t17-/m0/s1. The molecule has 5 nitrogen and oxygen atoms in total. The Labute approximate surface area is 165 Å². The highest BCUT2D eigenvalue weighted by Crippen LogP contribution is 2.20. The van der Waals surface area contributed by atoms with E-state index >= 15 is 0 Å². The first-order valence-corrected chi connectivity index (χ1v) is 10.4. The van der Waals surface area contributed by atoms with E-state index in [0.717, 1.165) is 11.1 Å². The molecule has 1 amide bonds. The molecule has 0 radical (unpaired) electrons. The van der Waals surface area contributed by atoms with Crippen molar-refractivity contribution in [3.8, 4) is 0 Å². The van der Waals surface area contributed by atoms with E-state index < -0.39 is 10.0 Å². The summed E-state index contributed by atoms with van der Waals surface area (Å²) >= 11 is 0. The Morgan fingerprint density at radius 1 is 0.893 bits per heavy atom. The number of benzene rings is 3. The number of nitrogens with one attached hydrogen (secondary N) is 2. The van der Waals surface area contributed by atoms with Gasteiger partial charge < -0.3 is 5.32 Å². The first-order chi connectivity index (χ1) is 13.4. The van der Waals surface area contributed by atoms with Crippen LogP contribution in [0.1, 0.15) is 34.5 Å². The normalized spacial score (nSPS) is 12.2. The summed E-state index contributed by atoms with van der Waals surface area (Å²) in [4.78, 5) is 12.8. The molecule has 2 N–H and O–H groups in total. The maximum atomic E-state index is 12.6. The Bertz CT molecular complexity index is 1080. The summed E-state index contributed by atoms with van der Waals surface area (Å²) in [5, 5.41) is 2.96. The number of carbonyl (C=O) groups excluding carboxylic acids is 1. The van der Waals surface area contributed by atoms with Gasteiger partial charge in [-0.2, -0.15) is 0 Å². The zero-order chi connectivity index (χ0) is 20.1. The van der Waals surface area contributed by atoms with E-state index in [1.165, 1.54) is 18.2 Å². The lowest BCUT2D eigenvalue weighted by Crippen LogP contribution is -2.27. The van der Waals surface area contributed by atoms with Crippen molar-refractivity contribution in [1.29, 1.82) is 0 Å². The van der Waals surface area contributed by atoms with Crippen LogP contribution in [0, 0.1) is 6.92 Å². The highest BCUT2D eigenvalue weighted by molar-refractivity contribution is 7.92. The minimum atomic E-state index is -3.71. The molecule has 0 aliphatic rings. The maximum Gasteiger partial charge on any atom is 0.261 e. The van der Waals surface area contributed by atoms with Crippen molar-refractivity contribution >= 4 is 21.6 Å². The largest absolute Gasteiger partial charge is 0.346 e. The molecule has 144 valence electrons. The van der Waals surface area contributed by atoms with Crippen LogP contribution in [0.5, 0.6) is 0 Å². The molecule has 0 aliphatic heterocycles. The van der Waals surface area contributed by atoms with Gasteiger partial charge in [-0.05, 0) is 55.3 Å². The van der Waals surface area contributed by atoms with E-state index in [-0.39, 0.29) is 16.8 Å². The van der Waals surface area contributed by atoms with Gasteiger partial charge in [-0.15, -0.1) is 0 Å². The fourth-order valence-corrected chi connectivity index (χ4v) is 4.04. The molecule has 0 aromatic heterocycles. The van der Waals surface area contributed by atoms with E-state index in [9.17, 15) is 13.2 Å². The van der Waals surface area contributed by atoms with E-state index in [2.05, 4.69) is 10.0 Å². The molecular formula is C22H22N2O3S. The molecule has 1 atom stereocenters. The molecule has 0 saturated carbocycles. The average molecular weight is 394 g/mol. The van der Waals surface area contributed by atoms with Crippen LogP contribution in [-0.2, 0) is 10.0 Å². The number of carbonyl (C=O) groups is 1. The zero-order valence-corrected chi connectivity index (χ0v) is 16.5. The predicted octanol–water partition coefficient (Wildman–Crippen LogP) is 4.29. The number of rotatable bonds is 6. The summed E-state index contributed by atoms with van der Waals surface area (Å²) in [7, 11) is -3.71. The molecule has 0 fully saturated rings. The summed E-state index contributed by atoms with van der Waals surface area (Å²) < 4.78 is 27.5. The third-order valence-corrected chi connectivity index (χ3v) is 5.83. The predicted molar refractivity (Wildman–Crippen MR) is 111 cm³/mol. The van der Waals surface area contributed by atoms with Crippen molar-refractivity contribution in [2.24, 2.45) is 0 Å². The second-order valence-corrected chi connectivity index (χ2v) is 8.23. The Kier molecular flexibility index (Phi) is 5.80. The number of anilines is 1. The van der Waals surface area contributed by atoms with Crippen LogP contribution < -0.4 is 10.0 Å². The Morgan fingerprint density at radius 2 is 1.57 bits per heavy atom. The summed E-state index contributed by atoms with van der Waals surface area (Å²) in [6.07, 6.45) is 0. The molecule has 28 heavy (non-hydrogen) atoms. The fraction of sp³-hybridized carbons (Fsp3) is 0.136. The van der Waals surface area contributed by atoms with Crippen LogP contribution in [0.2, 0.25) is 0 Å². The van der Waals surface area contributed by atoms with Crippen molar-refractivity contribution in [2.45, 2.75) is 24.8 Å². The second-order valence-electron chi connectivity index (χ2n) is 6.55. The van der Waals surface area contributed by atoms with Gasteiger partial charge in [-0.3, -0.25) is 9.52 Å². The first kappa shape index (κ1) is 19.6. The van der Waals surface area contributed by atoms with Crippen molar-refractivity contribution in [1.82, 2.24) is 5.32 Å². The number of amides is 1. The van der Waals surface area contributed by atoms with Crippen LogP contribution in [0.25, 0.3) is 0 Å². The van der Waals surface area contributed by atoms with E-state index in [1.807, 2.05) is 38.1 Å². The van der Waals surface area contributed by atoms with Gasteiger partial charge in [0.2, 0.25) is 0 Å². The van der Waals surface area contributed by atoms with Crippen molar-refractivity contribution in [3.63, 3.8) is 0 Å². The minimum absolute atomic E-state index is 0.165. The van der Waals surface area contributed by atoms with Crippen LogP contribution in [0.15, 0.2) is 83.8 Å². The second kappa shape index (κ2) is 8.27. The van der Waals surface area contributed by atoms with Crippen molar-refractivity contribution < 1.29 is 13.2 Å². The topological polar surface area (TPSA) is 75.3 Å². The lowest BCUT2D eigenvalue weighted by atomic mass is 10.0. The lowest BCUT2D eigenvalue weighted by molar-refractivity contribution is 0.0940. The van der Waals surface area contributed by atoms with Gasteiger partial charge in [-0.1, -0.05) is 48.5 Å². The Balaban J connectivity index is 1.76. The van der Waals surface area contributed by atoms with Crippen LogP contribution >= 0.6 is 0 Å². The fourth-order valence-electron chi connectivity index (χ4n) is 2.97. The van der Waals surface area contributed by atoms with E-state index in [4.69, 9.17) is 0 Å². The van der Waals surface area contributed by atoms with Crippen LogP contribution in [0.3, 0.4) is 0 Å². The van der Waals surface area contributed by atoms with Gasteiger partial charge in [0.1, 0.15) is 0 Å². The molecule has 3 rings (SSSR count). The Morgan fingerprint density at radius 3 is 2.29 bits per heavy atom. The van der Waals surface area contributed by atoms with Gasteiger partial charge in [0.25, 0.3) is 15.9 Å². The highest BCUT2D eigenvalue weighted by atomic mass is 32.2. The minimum Gasteiger partial charge on any atom is -0.346 e. The van der Waals surface area contributed by atoms with Gasteiger partial charge in [0.15, 0.2) is 0 Å². The van der Waals surface area contributed by atoms with Gasteiger partial charge in [-0.25, -0.2) is 8.42 Å². The SMILES string of the molecule is Cc1ccccc1[C@H](C)NC(=O)c1cccc(NS(=O)(=O)c2ccccc2)c1. The highest BCUT2D eigenvalue weighted by Gasteiger charge is 2.16. The summed E-state index contributed by atoms with van der Waals surface area (Å²) in [6.45, 7) is 3.92. The van der Waals surface area contributed by atoms with Crippen molar-refractivity contribution in [2.75, 3.05) is 4.72 Å². The molecular weight excluding hydrogens is 372 g/mol. The molecule has 6 heteroatoms. The Hall–Kier alpha value is -3.12. The molecule has 0 unspecified atom stereocenters. The molecule has 3 aromatic carbocycles. The molecule has 3 aromatic rings. The third kappa shape index (κ3) is 4.58. The number of sulfonamides is 1. The molecule has 0 heterocycles. The number of aryl methyl sites for hydroxylation is 1.